The summed E-state index contributed by atoms with van der Waals surface area (Å²) in [7, 11) is 0. The molecule has 0 aliphatic heterocycles. The fourth-order valence-corrected chi connectivity index (χ4v) is 4.46. The predicted molar refractivity (Wildman–Crippen MR) is 140 cm³/mol. The van der Waals surface area contributed by atoms with Gasteiger partial charge in [0.05, 0.1) is 44.7 Å². The summed E-state index contributed by atoms with van der Waals surface area (Å²) in [6, 6.07) is 13.0. The van der Waals surface area contributed by atoms with Crippen LogP contribution in [0, 0.1) is 11.3 Å². The first-order valence-corrected chi connectivity index (χ1v) is 12.2. The Morgan fingerprint density at radius 1 is 1.22 bits per heavy atom. The number of aromatic nitrogens is 4. The van der Waals surface area contributed by atoms with Gasteiger partial charge in [-0.05, 0) is 44.2 Å². The zero-order valence-corrected chi connectivity index (χ0v) is 20.8. The lowest BCUT2D eigenvalue weighted by atomic mass is 10.0. The molecule has 11 heteroatoms. The van der Waals surface area contributed by atoms with Crippen LogP contribution in [0.3, 0.4) is 0 Å². The number of benzene rings is 1. The lowest BCUT2D eigenvalue weighted by Gasteiger charge is -2.22. The Bertz CT molecular complexity index is 1670. The van der Waals surface area contributed by atoms with Crippen LogP contribution in [0.25, 0.3) is 27.1 Å². The summed E-state index contributed by atoms with van der Waals surface area (Å²) in [5.41, 5.74) is 3.47. The van der Waals surface area contributed by atoms with E-state index >= 15 is 0 Å². The largest absolute Gasteiger partial charge is 0.387 e. The lowest BCUT2D eigenvalue weighted by Crippen LogP contribution is -2.42. The third-order valence-corrected chi connectivity index (χ3v) is 6.65. The Balaban J connectivity index is 1.52. The number of carbonyl (C=O) groups excluding carboxylic acids is 1. The molecule has 1 amide bonds. The summed E-state index contributed by atoms with van der Waals surface area (Å²) in [5, 5.41) is 25.6. The van der Waals surface area contributed by atoms with Gasteiger partial charge >= 0.3 is 0 Å². The van der Waals surface area contributed by atoms with Gasteiger partial charge in [0.15, 0.2) is 0 Å². The molecule has 0 saturated heterocycles. The minimum absolute atomic E-state index is 0.201. The van der Waals surface area contributed by atoms with Crippen LogP contribution < -0.4 is 10.6 Å². The number of carbonyl (C=O) groups is 1. The fraction of sp³-hybridized carbons (Fsp3) is 0.192. The van der Waals surface area contributed by atoms with E-state index < -0.39 is 17.7 Å². The molecule has 0 aliphatic carbocycles. The van der Waals surface area contributed by atoms with E-state index in [0.29, 0.717) is 22.7 Å². The van der Waals surface area contributed by atoms with Gasteiger partial charge in [-0.3, -0.25) is 9.36 Å². The number of rotatable bonds is 7. The molecule has 3 N–H and O–H groups in total. The summed E-state index contributed by atoms with van der Waals surface area (Å²) in [4.78, 5) is 26.2. The molecular weight excluding hydrogens is 493 g/mol. The molecule has 0 radical (unpaired) electrons. The Morgan fingerprint density at radius 2 is 2.05 bits per heavy atom. The first-order valence-electron chi connectivity index (χ1n) is 11.4. The van der Waals surface area contributed by atoms with Crippen molar-refractivity contribution in [3.05, 3.63) is 71.6 Å². The van der Waals surface area contributed by atoms with Gasteiger partial charge in [0, 0.05) is 35.7 Å². The number of aliphatic hydroxyl groups is 1. The summed E-state index contributed by atoms with van der Waals surface area (Å²) in [6.07, 6.45) is 3.03. The molecular formula is C26H22FN7O2S. The van der Waals surface area contributed by atoms with Gasteiger partial charge in [-0.2, -0.15) is 5.26 Å². The molecule has 186 valence electrons. The van der Waals surface area contributed by atoms with Crippen molar-refractivity contribution in [2.75, 3.05) is 11.9 Å². The highest BCUT2D eigenvalue weighted by atomic mass is 32.1. The van der Waals surface area contributed by atoms with E-state index in [0.717, 1.165) is 21.3 Å². The van der Waals surface area contributed by atoms with Crippen LogP contribution in [-0.2, 0) is 0 Å². The summed E-state index contributed by atoms with van der Waals surface area (Å²) in [5.74, 6) is -0.0496. The van der Waals surface area contributed by atoms with Crippen molar-refractivity contribution in [2.45, 2.75) is 25.6 Å². The van der Waals surface area contributed by atoms with Gasteiger partial charge in [0.2, 0.25) is 0 Å². The van der Waals surface area contributed by atoms with E-state index in [-0.39, 0.29) is 12.1 Å². The van der Waals surface area contributed by atoms with Crippen molar-refractivity contribution < 1.29 is 14.3 Å². The van der Waals surface area contributed by atoms with Gasteiger partial charge in [-0.1, -0.05) is 0 Å². The molecule has 5 aromatic rings. The zero-order valence-electron chi connectivity index (χ0n) is 19.9. The molecule has 37 heavy (non-hydrogen) atoms. The maximum atomic E-state index is 14.3. The number of halogens is 1. The van der Waals surface area contributed by atoms with E-state index in [9.17, 15) is 14.3 Å². The van der Waals surface area contributed by atoms with Crippen LogP contribution >= 0.6 is 11.3 Å². The first kappa shape index (κ1) is 24.3. The second-order valence-corrected chi connectivity index (χ2v) is 9.90. The van der Waals surface area contributed by atoms with Gasteiger partial charge in [-0.15, -0.1) is 11.3 Å². The molecule has 0 aliphatic rings. The fourth-order valence-electron chi connectivity index (χ4n) is 3.75. The average molecular weight is 516 g/mol. The molecule has 0 saturated carbocycles. The normalized spacial score (nSPS) is 12.4. The highest BCUT2D eigenvalue weighted by Crippen LogP contribution is 2.28. The van der Waals surface area contributed by atoms with Crippen LogP contribution in [0.15, 0.2) is 60.5 Å². The van der Waals surface area contributed by atoms with E-state index in [4.69, 9.17) is 5.26 Å². The minimum atomic E-state index is -1.65. The maximum absolute atomic E-state index is 14.3. The molecule has 1 unspecified atom stereocenters. The van der Waals surface area contributed by atoms with Crippen molar-refractivity contribution in [2.24, 2.45) is 0 Å². The van der Waals surface area contributed by atoms with Gasteiger partial charge in [0.25, 0.3) is 5.91 Å². The quantitative estimate of drug-likeness (QED) is 0.291. The van der Waals surface area contributed by atoms with Crippen molar-refractivity contribution in [1.29, 1.82) is 5.26 Å². The van der Waals surface area contributed by atoms with Crippen molar-refractivity contribution >= 4 is 49.9 Å². The second kappa shape index (κ2) is 9.57. The number of thiazole rings is 1. The van der Waals surface area contributed by atoms with Crippen molar-refractivity contribution in [1.82, 2.24) is 24.8 Å². The smallest absolute Gasteiger partial charge is 0.255 e. The van der Waals surface area contributed by atoms with Crippen molar-refractivity contribution in [3.8, 4) is 11.9 Å². The van der Waals surface area contributed by atoms with Crippen LogP contribution in [0.4, 0.5) is 15.8 Å². The number of hydrogen-bond donors (Lipinski definition) is 3. The molecule has 4 aromatic heterocycles. The lowest BCUT2D eigenvalue weighted by molar-refractivity contribution is -0.00177. The SMILES string of the molecule is CC(C)(O)C(F)CNC(=O)c1cnc(-n2ccc3cc(C#N)cnc32)cc1Nc1ccc2ncsc2c1. The average Bonchev–Trinajstić information content (AvgIpc) is 3.52. The zero-order chi connectivity index (χ0) is 26.2. The number of anilines is 2. The second-order valence-electron chi connectivity index (χ2n) is 9.01. The number of alkyl halides is 1. The minimum Gasteiger partial charge on any atom is -0.387 e. The molecule has 4 heterocycles. The molecule has 0 fully saturated rings. The third-order valence-electron chi connectivity index (χ3n) is 5.86. The number of nitriles is 1. The molecule has 1 aromatic carbocycles. The monoisotopic (exact) mass is 515 g/mol. The van der Waals surface area contributed by atoms with Crippen molar-refractivity contribution in [3.63, 3.8) is 0 Å². The Morgan fingerprint density at radius 3 is 2.84 bits per heavy atom. The molecule has 9 nitrogen and oxygen atoms in total. The van der Waals surface area contributed by atoms with Gasteiger partial charge in [0.1, 0.15) is 23.7 Å². The van der Waals surface area contributed by atoms with E-state index in [1.54, 1.807) is 28.4 Å². The Labute approximate surface area is 215 Å². The standard InChI is InChI=1S/C26H22FN7O2S/c1-26(2,36)22(27)13-31-25(35)18-12-29-23(34-6-5-16-7-15(10-28)11-30-24(16)34)9-20(18)33-17-3-4-19-21(8-17)37-14-32-19/h3-9,11-12,14,22,36H,13H2,1-2H3,(H,29,33)(H,31,35). The van der Waals surface area contributed by atoms with Crippen LogP contribution in [0.5, 0.6) is 0 Å². The predicted octanol–water partition coefficient (Wildman–Crippen LogP) is 4.48. The number of amides is 1. The topological polar surface area (TPSA) is 129 Å². The van der Waals surface area contributed by atoms with E-state index in [1.165, 1.54) is 37.6 Å². The highest BCUT2D eigenvalue weighted by molar-refractivity contribution is 7.16. The number of pyridine rings is 2. The van der Waals surface area contributed by atoms with Gasteiger partial charge < -0.3 is 15.7 Å². The number of nitrogens with zero attached hydrogens (tertiary/aromatic N) is 5. The summed E-state index contributed by atoms with van der Waals surface area (Å²) >= 11 is 1.50. The Kier molecular flexibility index (Phi) is 6.29. The number of nitrogens with one attached hydrogen (secondary N) is 2. The van der Waals surface area contributed by atoms with Crippen LogP contribution in [-0.4, -0.2) is 48.9 Å². The summed E-state index contributed by atoms with van der Waals surface area (Å²) < 4.78 is 17.0. The van der Waals surface area contributed by atoms with E-state index in [1.807, 2.05) is 24.3 Å². The summed E-state index contributed by atoms with van der Waals surface area (Å²) in [6.45, 7) is 2.33. The number of fused-ring (bicyclic) bond motifs is 2. The van der Waals surface area contributed by atoms with Crippen LogP contribution in [0.1, 0.15) is 29.8 Å². The van der Waals surface area contributed by atoms with E-state index in [2.05, 4.69) is 31.7 Å². The maximum Gasteiger partial charge on any atom is 0.255 e. The molecule has 0 spiro atoms. The Hall–Kier alpha value is -4.40. The molecule has 5 rings (SSSR count). The number of hydrogen-bond acceptors (Lipinski definition) is 8. The highest BCUT2D eigenvalue weighted by Gasteiger charge is 2.27. The first-order chi connectivity index (χ1) is 17.7. The van der Waals surface area contributed by atoms with Crippen LogP contribution in [0.2, 0.25) is 0 Å². The third kappa shape index (κ3) is 4.97. The van der Waals surface area contributed by atoms with Gasteiger partial charge in [-0.25, -0.2) is 19.3 Å². The molecule has 1 atom stereocenters. The molecule has 0 bridgehead atoms.